The molecule has 1 heterocycles. The highest BCUT2D eigenvalue weighted by Gasteiger charge is 2.27. The Bertz CT molecular complexity index is 333. The molecule has 1 fully saturated rings. The molecule has 6 heteroatoms. The molecule has 1 rings (SSSR count). The van der Waals surface area contributed by atoms with Crippen molar-refractivity contribution in [2.24, 2.45) is 11.8 Å². The predicted octanol–water partition coefficient (Wildman–Crippen LogP) is 0.353. The first-order valence-corrected chi connectivity index (χ1v) is 7.31. The maximum Gasteiger partial charge on any atom is 0.303 e. The van der Waals surface area contributed by atoms with Crippen molar-refractivity contribution in [3.63, 3.8) is 0 Å². The Morgan fingerprint density at radius 2 is 2.05 bits per heavy atom. The highest BCUT2D eigenvalue weighted by Crippen LogP contribution is 2.20. The molecule has 0 aliphatic carbocycles. The summed E-state index contributed by atoms with van der Waals surface area (Å²) in [5.74, 6) is -0.155. The summed E-state index contributed by atoms with van der Waals surface area (Å²) >= 11 is 0. The third-order valence-corrected chi connectivity index (χ3v) is 3.91. The predicted molar refractivity (Wildman–Crippen MR) is 75.2 cm³/mol. The highest BCUT2D eigenvalue weighted by atomic mass is 16.4. The van der Waals surface area contributed by atoms with Crippen LogP contribution in [-0.4, -0.2) is 47.3 Å². The van der Waals surface area contributed by atoms with Crippen molar-refractivity contribution in [2.45, 2.75) is 51.7 Å². The second kappa shape index (κ2) is 8.21. The summed E-state index contributed by atoms with van der Waals surface area (Å²) in [6.45, 7) is 5.16. The zero-order valence-electron chi connectivity index (χ0n) is 12.3. The number of amides is 1. The smallest absolute Gasteiger partial charge is 0.303 e. The minimum absolute atomic E-state index is 0.0812. The van der Waals surface area contributed by atoms with Crippen LogP contribution in [0.2, 0.25) is 0 Å². The summed E-state index contributed by atoms with van der Waals surface area (Å²) in [5, 5.41) is 23.9. The minimum Gasteiger partial charge on any atom is -0.481 e. The molecule has 0 radical (unpaired) electrons. The quantitative estimate of drug-likeness (QED) is 0.516. The van der Waals surface area contributed by atoms with Crippen molar-refractivity contribution in [2.75, 3.05) is 13.1 Å². The molecule has 0 aromatic heterocycles. The largest absolute Gasteiger partial charge is 0.481 e. The Morgan fingerprint density at radius 1 is 1.35 bits per heavy atom. The van der Waals surface area contributed by atoms with E-state index < -0.39 is 12.1 Å². The Labute approximate surface area is 119 Å². The number of aliphatic hydroxyl groups excluding tert-OH is 1. The van der Waals surface area contributed by atoms with Crippen molar-refractivity contribution < 1.29 is 19.8 Å². The molecule has 6 nitrogen and oxygen atoms in total. The first-order valence-electron chi connectivity index (χ1n) is 7.31. The number of hydrogen-bond donors (Lipinski definition) is 4. The van der Waals surface area contributed by atoms with Gasteiger partial charge in [0.15, 0.2) is 0 Å². The van der Waals surface area contributed by atoms with E-state index in [1.54, 1.807) is 0 Å². The number of carboxylic acid groups (broad SMARTS) is 1. The number of nitrogens with one attached hydrogen (secondary N) is 2. The fourth-order valence-electron chi connectivity index (χ4n) is 2.54. The summed E-state index contributed by atoms with van der Waals surface area (Å²) in [7, 11) is 0. The molecule has 3 atom stereocenters. The van der Waals surface area contributed by atoms with Crippen LogP contribution in [0.25, 0.3) is 0 Å². The minimum atomic E-state index is -0.774. The Kier molecular flexibility index (Phi) is 6.95. The number of carbonyl (C=O) groups excluding carboxylic acids is 1. The van der Waals surface area contributed by atoms with E-state index in [4.69, 9.17) is 5.11 Å². The standard InChI is InChI=1S/C14H26N2O4/c1-9(2)10(3-4-13(18)19)5-6-15-14(20)12-7-11(17)8-16-12/h9-12,16-17H,3-8H2,1-2H3,(H,15,20)(H,18,19). The Hall–Kier alpha value is -1.14. The van der Waals surface area contributed by atoms with Gasteiger partial charge in [-0.2, -0.15) is 0 Å². The van der Waals surface area contributed by atoms with Crippen molar-refractivity contribution in [1.29, 1.82) is 0 Å². The first kappa shape index (κ1) is 16.9. The van der Waals surface area contributed by atoms with Gasteiger partial charge in [-0.3, -0.25) is 9.59 Å². The Balaban J connectivity index is 2.25. The molecule has 1 saturated heterocycles. The van der Waals surface area contributed by atoms with Gasteiger partial charge >= 0.3 is 5.97 Å². The second-order valence-corrected chi connectivity index (χ2v) is 5.87. The van der Waals surface area contributed by atoms with E-state index in [2.05, 4.69) is 24.5 Å². The normalized spacial score (nSPS) is 23.8. The number of carbonyl (C=O) groups is 2. The number of aliphatic carboxylic acids is 1. The Morgan fingerprint density at radius 3 is 2.55 bits per heavy atom. The third kappa shape index (κ3) is 5.88. The molecule has 1 amide bonds. The molecular weight excluding hydrogens is 260 g/mol. The fraction of sp³-hybridized carbons (Fsp3) is 0.857. The van der Waals surface area contributed by atoms with Crippen molar-refractivity contribution >= 4 is 11.9 Å². The van der Waals surface area contributed by atoms with Gasteiger partial charge in [0, 0.05) is 19.5 Å². The molecule has 0 aromatic carbocycles. The molecule has 0 saturated carbocycles. The summed E-state index contributed by atoms with van der Waals surface area (Å²) < 4.78 is 0. The van der Waals surface area contributed by atoms with Crippen LogP contribution in [-0.2, 0) is 9.59 Å². The monoisotopic (exact) mass is 286 g/mol. The van der Waals surface area contributed by atoms with E-state index >= 15 is 0 Å². The zero-order chi connectivity index (χ0) is 15.1. The van der Waals surface area contributed by atoms with Crippen LogP contribution in [0.1, 0.15) is 39.5 Å². The van der Waals surface area contributed by atoms with E-state index in [9.17, 15) is 14.7 Å². The average molecular weight is 286 g/mol. The number of hydrogen-bond acceptors (Lipinski definition) is 4. The van der Waals surface area contributed by atoms with Crippen molar-refractivity contribution in [1.82, 2.24) is 10.6 Å². The molecule has 4 N–H and O–H groups in total. The van der Waals surface area contributed by atoms with Crippen LogP contribution in [0.3, 0.4) is 0 Å². The van der Waals surface area contributed by atoms with Crippen LogP contribution in [0, 0.1) is 11.8 Å². The number of rotatable bonds is 8. The third-order valence-electron chi connectivity index (χ3n) is 3.91. The molecule has 0 bridgehead atoms. The molecular formula is C14H26N2O4. The van der Waals surface area contributed by atoms with Crippen LogP contribution in [0.5, 0.6) is 0 Å². The van der Waals surface area contributed by atoms with Gasteiger partial charge in [-0.05, 0) is 31.1 Å². The molecule has 116 valence electrons. The lowest BCUT2D eigenvalue weighted by molar-refractivity contribution is -0.137. The van der Waals surface area contributed by atoms with E-state index in [-0.39, 0.29) is 18.4 Å². The molecule has 0 spiro atoms. The van der Waals surface area contributed by atoms with Crippen LogP contribution in [0.15, 0.2) is 0 Å². The van der Waals surface area contributed by atoms with Crippen LogP contribution < -0.4 is 10.6 Å². The second-order valence-electron chi connectivity index (χ2n) is 5.87. The molecule has 1 aliphatic heterocycles. The van der Waals surface area contributed by atoms with Crippen LogP contribution in [0.4, 0.5) is 0 Å². The molecule has 0 aromatic rings. The van der Waals surface area contributed by atoms with Gasteiger partial charge in [-0.25, -0.2) is 0 Å². The lowest BCUT2D eigenvalue weighted by Crippen LogP contribution is -2.41. The molecule has 3 unspecified atom stereocenters. The summed E-state index contributed by atoms with van der Waals surface area (Å²) in [6, 6.07) is -0.304. The maximum atomic E-state index is 11.8. The van der Waals surface area contributed by atoms with Gasteiger partial charge in [-0.15, -0.1) is 0 Å². The van der Waals surface area contributed by atoms with Crippen molar-refractivity contribution in [3.05, 3.63) is 0 Å². The number of carboxylic acids is 1. The average Bonchev–Trinajstić information content (AvgIpc) is 2.79. The first-order chi connectivity index (χ1) is 9.40. The summed E-state index contributed by atoms with van der Waals surface area (Å²) in [5.41, 5.74) is 0. The van der Waals surface area contributed by atoms with Crippen molar-refractivity contribution in [3.8, 4) is 0 Å². The fourth-order valence-corrected chi connectivity index (χ4v) is 2.54. The van der Waals surface area contributed by atoms with Gasteiger partial charge in [0.25, 0.3) is 0 Å². The topological polar surface area (TPSA) is 98.7 Å². The maximum absolute atomic E-state index is 11.8. The lowest BCUT2D eigenvalue weighted by atomic mass is 9.88. The van der Waals surface area contributed by atoms with Gasteiger partial charge in [0.1, 0.15) is 0 Å². The van der Waals surface area contributed by atoms with E-state index in [0.717, 1.165) is 6.42 Å². The molecule has 1 aliphatic rings. The van der Waals surface area contributed by atoms with E-state index in [1.165, 1.54) is 0 Å². The van der Waals surface area contributed by atoms with Gasteiger partial charge in [0.2, 0.25) is 5.91 Å². The number of β-amino-alcohol motifs (C(OH)–C–C–N with tert-alkyl or cyclic N) is 1. The summed E-state index contributed by atoms with van der Waals surface area (Å²) in [4.78, 5) is 22.4. The van der Waals surface area contributed by atoms with Gasteiger partial charge < -0.3 is 20.8 Å². The summed E-state index contributed by atoms with van der Waals surface area (Å²) in [6.07, 6.45) is 1.62. The molecule has 20 heavy (non-hydrogen) atoms. The number of aliphatic hydroxyl groups is 1. The lowest BCUT2D eigenvalue weighted by Gasteiger charge is -2.20. The van der Waals surface area contributed by atoms with Gasteiger partial charge in [-0.1, -0.05) is 13.8 Å². The SMILES string of the molecule is CC(C)C(CCNC(=O)C1CC(O)CN1)CCC(=O)O. The highest BCUT2D eigenvalue weighted by molar-refractivity contribution is 5.82. The van der Waals surface area contributed by atoms with E-state index in [0.29, 0.717) is 37.8 Å². The van der Waals surface area contributed by atoms with Gasteiger partial charge in [0.05, 0.1) is 12.1 Å². The zero-order valence-corrected chi connectivity index (χ0v) is 12.3. The van der Waals surface area contributed by atoms with Crippen LogP contribution >= 0.6 is 0 Å². The van der Waals surface area contributed by atoms with E-state index in [1.807, 2.05) is 0 Å².